The molecule has 0 aromatic rings. The molecule has 0 radical (unpaired) electrons. The lowest BCUT2D eigenvalue weighted by molar-refractivity contribution is -0.122. The summed E-state index contributed by atoms with van der Waals surface area (Å²) in [5, 5.41) is 14.5. The average Bonchev–Trinajstić information content (AvgIpc) is 2.68. The van der Waals surface area contributed by atoms with Crippen LogP contribution < -0.4 is 0 Å². The zero-order chi connectivity index (χ0) is 23.4. The molecule has 1 aliphatic carbocycles. The first-order valence-corrected chi connectivity index (χ1v) is 12.0. The molecule has 1 aliphatic rings. The van der Waals surface area contributed by atoms with Gasteiger partial charge in [0.1, 0.15) is 24.1 Å². The number of carbonyl (C=O) groups excluding carboxylic acids is 1. The quantitative estimate of drug-likeness (QED) is 0.217. The predicted octanol–water partition coefficient (Wildman–Crippen LogP) is 3.81. The van der Waals surface area contributed by atoms with Crippen LogP contribution in [0, 0.1) is 17.8 Å². The second-order valence-electron chi connectivity index (χ2n) is 7.41. The first-order chi connectivity index (χ1) is 14.6. The molecule has 2 N–H and O–H groups in total. The predicted molar refractivity (Wildman–Crippen MR) is 117 cm³/mol. The topological polar surface area (TPSA) is 132 Å². The van der Waals surface area contributed by atoms with Crippen LogP contribution in [0.2, 0.25) is 0 Å². The summed E-state index contributed by atoms with van der Waals surface area (Å²) in [5.74, 6) is -1.59. The highest BCUT2D eigenvalue weighted by atomic mass is 35.5. The molecule has 31 heavy (non-hydrogen) atoms. The minimum atomic E-state index is -4.52. The van der Waals surface area contributed by atoms with E-state index < -0.39 is 16.3 Å². The number of halogens is 1. The molecule has 0 aliphatic heterocycles. The van der Waals surface area contributed by atoms with Crippen LogP contribution in [0.5, 0.6) is 0 Å². The zero-order valence-electron chi connectivity index (χ0n) is 18.1. The summed E-state index contributed by atoms with van der Waals surface area (Å²) >= 11 is 5.43. The number of Topliss-reactive ketones (excluding diaryl/α,β-unsaturated/α-hetero) is 1. The highest BCUT2D eigenvalue weighted by Gasteiger charge is 2.34. The smallest absolute Gasteiger partial charge is 0.397 e. The van der Waals surface area contributed by atoms with Crippen LogP contribution in [-0.4, -0.2) is 55.5 Å². The van der Waals surface area contributed by atoms with Gasteiger partial charge in [-0.3, -0.25) is 9.35 Å². The Bertz CT molecular complexity index is 765. The van der Waals surface area contributed by atoms with Crippen molar-refractivity contribution < 1.29 is 36.6 Å². The lowest BCUT2D eigenvalue weighted by Gasteiger charge is -2.27. The van der Waals surface area contributed by atoms with Crippen molar-refractivity contribution in [3.8, 4) is 0 Å². The highest BCUT2D eigenvalue weighted by Crippen LogP contribution is 2.31. The molecule has 0 heterocycles. The van der Waals surface area contributed by atoms with Gasteiger partial charge in [0.25, 0.3) is 0 Å². The monoisotopic (exact) mass is 481 g/mol. The van der Waals surface area contributed by atoms with E-state index in [1.54, 1.807) is 12.2 Å². The van der Waals surface area contributed by atoms with Crippen molar-refractivity contribution in [2.24, 2.45) is 22.9 Å². The third-order valence-corrected chi connectivity index (χ3v) is 5.52. The van der Waals surface area contributed by atoms with Gasteiger partial charge in [-0.25, -0.2) is 4.18 Å². The fraction of sp³-hybridized carbons (Fsp3) is 0.700. The van der Waals surface area contributed by atoms with E-state index in [1.807, 2.05) is 20.8 Å². The van der Waals surface area contributed by atoms with Crippen LogP contribution in [0.1, 0.15) is 46.5 Å². The van der Waals surface area contributed by atoms with Crippen molar-refractivity contribution in [1.82, 2.24) is 0 Å². The highest BCUT2D eigenvalue weighted by molar-refractivity contribution is 7.80. The SMILES string of the molecule is CCC(=NOCC(C)OCC=CCl)C1C(=O)CC(CC(CC)COS(=O)(=O)O)C=C1O. The lowest BCUT2D eigenvalue weighted by atomic mass is 9.79. The van der Waals surface area contributed by atoms with Gasteiger partial charge in [-0.05, 0) is 43.8 Å². The first-order valence-electron chi connectivity index (χ1n) is 10.2. The van der Waals surface area contributed by atoms with Gasteiger partial charge in [0.2, 0.25) is 0 Å². The van der Waals surface area contributed by atoms with Crippen molar-refractivity contribution in [3.05, 3.63) is 23.4 Å². The van der Waals surface area contributed by atoms with E-state index in [9.17, 15) is 18.3 Å². The van der Waals surface area contributed by atoms with Crippen molar-refractivity contribution in [3.63, 3.8) is 0 Å². The van der Waals surface area contributed by atoms with Gasteiger partial charge in [-0.1, -0.05) is 37.0 Å². The van der Waals surface area contributed by atoms with Crippen LogP contribution >= 0.6 is 11.6 Å². The largest absolute Gasteiger partial charge is 0.511 e. The maximum atomic E-state index is 12.7. The van der Waals surface area contributed by atoms with Gasteiger partial charge in [0.15, 0.2) is 0 Å². The zero-order valence-corrected chi connectivity index (χ0v) is 19.6. The van der Waals surface area contributed by atoms with E-state index in [1.165, 1.54) is 5.54 Å². The Kier molecular flexibility index (Phi) is 12.3. The van der Waals surface area contributed by atoms with Gasteiger partial charge in [0, 0.05) is 12.0 Å². The van der Waals surface area contributed by atoms with Crippen molar-refractivity contribution in [2.75, 3.05) is 19.8 Å². The minimum absolute atomic E-state index is 0.0902. The van der Waals surface area contributed by atoms with E-state index in [-0.39, 0.29) is 49.1 Å². The van der Waals surface area contributed by atoms with E-state index >= 15 is 0 Å². The number of aliphatic hydroxyl groups is 1. The minimum Gasteiger partial charge on any atom is -0.511 e. The van der Waals surface area contributed by atoms with Gasteiger partial charge in [0.05, 0.1) is 25.0 Å². The molecule has 0 saturated heterocycles. The summed E-state index contributed by atoms with van der Waals surface area (Å²) in [6, 6.07) is 0. The number of ketones is 1. The number of allylic oxidation sites excluding steroid dienone is 2. The number of rotatable bonds is 14. The molecule has 0 aromatic carbocycles. The summed E-state index contributed by atoms with van der Waals surface area (Å²) in [5.41, 5.74) is 1.79. The third kappa shape index (κ3) is 10.6. The van der Waals surface area contributed by atoms with Crippen LogP contribution in [0.3, 0.4) is 0 Å². The number of oxime groups is 1. The maximum Gasteiger partial charge on any atom is 0.397 e. The Hall–Kier alpha value is -1.46. The second-order valence-corrected chi connectivity index (χ2v) is 8.76. The van der Waals surface area contributed by atoms with E-state index in [0.29, 0.717) is 31.6 Å². The summed E-state index contributed by atoms with van der Waals surface area (Å²) in [6.07, 6.45) is 4.66. The Morgan fingerprint density at radius 2 is 2.10 bits per heavy atom. The molecule has 4 unspecified atom stereocenters. The molecular formula is C20H32ClNO8S. The summed E-state index contributed by atoms with van der Waals surface area (Å²) in [6.45, 7) is 5.82. The fourth-order valence-electron chi connectivity index (χ4n) is 3.26. The van der Waals surface area contributed by atoms with Gasteiger partial charge >= 0.3 is 10.4 Å². The van der Waals surface area contributed by atoms with Crippen molar-refractivity contribution >= 4 is 33.5 Å². The first kappa shape index (κ1) is 27.6. The van der Waals surface area contributed by atoms with Crippen LogP contribution in [0.15, 0.2) is 28.6 Å². The summed E-state index contributed by atoms with van der Waals surface area (Å²) < 4.78 is 40.2. The van der Waals surface area contributed by atoms with Gasteiger partial charge in [-0.2, -0.15) is 8.42 Å². The molecule has 1 rings (SSSR count). The Balaban J connectivity index is 2.73. The van der Waals surface area contributed by atoms with Crippen LogP contribution in [0.4, 0.5) is 0 Å². The van der Waals surface area contributed by atoms with E-state index in [4.69, 9.17) is 25.7 Å². The molecule has 4 atom stereocenters. The molecule has 11 heteroatoms. The average molecular weight is 482 g/mol. The van der Waals surface area contributed by atoms with Crippen molar-refractivity contribution in [1.29, 1.82) is 0 Å². The van der Waals surface area contributed by atoms with Gasteiger partial charge < -0.3 is 14.7 Å². The summed E-state index contributed by atoms with van der Waals surface area (Å²) in [7, 11) is -4.52. The second kappa shape index (κ2) is 13.8. The molecule has 0 fully saturated rings. The third-order valence-electron chi connectivity index (χ3n) is 4.91. The standard InChI is InChI=1S/C20H32ClNO8S/c1-4-15(13-30-31(25,26)27)9-16-10-18(23)20(19(24)11-16)17(5-2)22-29-12-14(3)28-8-6-7-21/h6-7,10,14-16,20,23H,4-5,8-9,11-13H2,1-3H3,(H,25,26,27). The number of hydrogen-bond donors (Lipinski definition) is 2. The fourth-order valence-corrected chi connectivity index (χ4v) is 3.70. The number of hydrogen-bond acceptors (Lipinski definition) is 8. The van der Waals surface area contributed by atoms with Crippen LogP contribution in [-0.2, 0) is 29.0 Å². The molecular weight excluding hydrogens is 450 g/mol. The normalized spacial score (nSPS) is 22.4. The molecule has 0 amide bonds. The van der Waals surface area contributed by atoms with E-state index in [0.717, 1.165) is 0 Å². The molecule has 0 aromatic heterocycles. The number of aliphatic hydroxyl groups excluding tert-OH is 1. The maximum absolute atomic E-state index is 12.7. The van der Waals surface area contributed by atoms with Gasteiger partial charge in [-0.15, -0.1) is 0 Å². The molecule has 178 valence electrons. The van der Waals surface area contributed by atoms with Crippen molar-refractivity contribution in [2.45, 2.75) is 52.6 Å². The molecule has 0 spiro atoms. The Morgan fingerprint density at radius 3 is 2.65 bits per heavy atom. The Labute approximate surface area is 189 Å². The molecule has 0 bridgehead atoms. The number of nitrogens with zero attached hydrogens (tertiary/aromatic N) is 1. The number of ether oxygens (including phenoxy) is 1. The lowest BCUT2D eigenvalue weighted by Crippen LogP contribution is -2.32. The Morgan fingerprint density at radius 1 is 1.39 bits per heavy atom. The van der Waals surface area contributed by atoms with Crippen LogP contribution in [0.25, 0.3) is 0 Å². The number of carbonyl (C=O) groups is 1. The molecule has 0 saturated carbocycles. The molecule has 9 nitrogen and oxygen atoms in total. The summed E-state index contributed by atoms with van der Waals surface area (Å²) in [4.78, 5) is 18.0. The van der Waals surface area contributed by atoms with E-state index in [2.05, 4.69) is 9.34 Å².